The first-order chi connectivity index (χ1) is 4.33. The number of hydrogen-bond donors (Lipinski definition) is 0. The minimum atomic E-state index is -1.78. The van der Waals surface area contributed by atoms with Crippen LogP contribution in [0.3, 0.4) is 0 Å². The molecule has 2 nitrogen and oxygen atoms in total. The zero-order valence-electron chi connectivity index (χ0n) is 6.40. The van der Waals surface area contributed by atoms with Gasteiger partial charge in [0.05, 0.1) is 0 Å². The zero-order chi connectivity index (χ0) is 8.36. The third-order valence-electron chi connectivity index (χ3n) is 0.620. The fourth-order valence-corrected chi connectivity index (χ4v) is 1.12. The van der Waals surface area contributed by atoms with Crippen LogP contribution in [0.4, 0.5) is 0 Å². The minimum absolute atomic E-state index is 0.0533. The first-order valence-electron chi connectivity index (χ1n) is 2.90. The van der Waals surface area contributed by atoms with Crippen LogP contribution >= 0.6 is 11.6 Å². The Balaban J connectivity index is 3.93. The van der Waals surface area contributed by atoms with Crippen LogP contribution in [0.25, 0.3) is 0 Å². The Morgan fingerprint density at radius 3 is 2.00 bits per heavy atom. The van der Waals surface area contributed by atoms with Gasteiger partial charge in [0.1, 0.15) is 5.03 Å². The number of carbonyl (C=O) groups is 1. The van der Waals surface area contributed by atoms with Gasteiger partial charge in [-0.25, -0.2) is 4.79 Å². The third-order valence-corrected chi connectivity index (χ3v) is 1.57. The standard InChI is InChI=1S/C6H11ClO2Si/c1-5(7)6(8)9-10(2,3)4/h1H2,2-4H3. The lowest BCUT2D eigenvalue weighted by Gasteiger charge is -2.16. The summed E-state index contributed by atoms with van der Waals surface area (Å²) < 4.78 is 4.97. The summed E-state index contributed by atoms with van der Waals surface area (Å²) in [5, 5.41) is -0.0533. The van der Waals surface area contributed by atoms with Gasteiger partial charge in [0.15, 0.2) is 0 Å². The molecule has 0 bridgehead atoms. The van der Waals surface area contributed by atoms with Crippen LogP contribution in [0.2, 0.25) is 19.6 Å². The van der Waals surface area contributed by atoms with E-state index >= 15 is 0 Å². The fraction of sp³-hybridized carbons (Fsp3) is 0.500. The first kappa shape index (κ1) is 9.72. The number of halogens is 1. The Morgan fingerprint density at radius 1 is 1.50 bits per heavy atom. The Labute approximate surface area is 67.0 Å². The molecule has 4 heteroatoms. The SMILES string of the molecule is C=C(Cl)C(=O)O[Si](C)(C)C. The van der Waals surface area contributed by atoms with Gasteiger partial charge in [-0.05, 0) is 19.6 Å². The van der Waals surface area contributed by atoms with Crippen molar-refractivity contribution in [3.05, 3.63) is 11.6 Å². The smallest absolute Gasteiger partial charge is 0.335 e. The molecule has 0 saturated heterocycles. The molecule has 58 valence electrons. The highest BCUT2D eigenvalue weighted by Gasteiger charge is 2.20. The Morgan fingerprint density at radius 2 is 1.90 bits per heavy atom. The largest absolute Gasteiger partial charge is 0.516 e. The van der Waals surface area contributed by atoms with Crippen molar-refractivity contribution in [2.24, 2.45) is 0 Å². The number of hydrogen-bond acceptors (Lipinski definition) is 2. The molecule has 0 aromatic rings. The molecule has 0 rings (SSSR count). The van der Waals surface area contributed by atoms with Gasteiger partial charge >= 0.3 is 5.97 Å². The molecule has 0 atom stereocenters. The van der Waals surface area contributed by atoms with E-state index < -0.39 is 14.3 Å². The lowest BCUT2D eigenvalue weighted by molar-refractivity contribution is -0.130. The first-order valence-corrected chi connectivity index (χ1v) is 6.69. The average Bonchev–Trinajstić information content (AvgIpc) is 1.60. The van der Waals surface area contributed by atoms with E-state index in [0.29, 0.717) is 0 Å². The molecule has 0 spiro atoms. The molecule has 0 unspecified atom stereocenters. The fourth-order valence-electron chi connectivity index (χ4n) is 0.333. The summed E-state index contributed by atoms with van der Waals surface area (Å²) >= 11 is 5.29. The molecule has 0 aliphatic rings. The molecule has 0 fully saturated rings. The van der Waals surface area contributed by atoms with Gasteiger partial charge in [0.2, 0.25) is 8.32 Å². The Hall–Kier alpha value is -0.283. The normalized spacial score (nSPS) is 10.8. The average molecular weight is 179 g/mol. The summed E-state index contributed by atoms with van der Waals surface area (Å²) in [4.78, 5) is 10.7. The highest BCUT2D eigenvalue weighted by Crippen LogP contribution is 2.08. The van der Waals surface area contributed by atoms with Crippen LogP contribution in [-0.2, 0) is 9.22 Å². The van der Waals surface area contributed by atoms with Crippen LogP contribution < -0.4 is 0 Å². The summed E-state index contributed by atoms with van der Waals surface area (Å²) in [6, 6.07) is 0. The van der Waals surface area contributed by atoms with Crippen LogP contribution in [0.15, 0.2) is 11.6 Å². The van der Waals surface area contributed by atoms with E-state index in [1.165, 1.54) is 0 Å². The minimum Gasteiger partial charge on any atom is -0.516 e. The molecule has 0 amide bonds. The third kappa shape index (κ3) is 4.58. The highest BCUT2D eigenvalue weighted by molar-refractivity contribution is 6.71. The van der Waals surface area contributed by atoms with E-state index in [9.17, 15) is 4.79 Å². The van der Waals surface area contributed by atoms with Crippen LogP contribution in [0.1, 0.15) is 0 Å². The number of carbonyl (C=O) groups excluding carboxylic acids is 1. The van der Waals surface area contributed by atoms with Crippen molar-refractivity contribution in [1.82, 2.24) is 0 Å². The Kier molecular flexibility index (Phi) is 3.12. The highest BCUT2D eigenvalue weighted by atomic mass is 35.5. The van der Waals surface area contributed by atoms with Crippen LogP contribution in [-0.4, -0.2) is 14.3 Å². The summed E-state index contributed by atoms with van der Waals surface area (Å²) in [7, 11) is -1.78. The van der Waals surface area contributed by atoms with E-state index in [1.807, 2.05) is 19.6 Å². The van der Waals surface area contributed by atoms with E-state index in [0.717, 1.165) is 0 Å². The zero-order valence-corrected chi connectivity index (χ0v) is 8.16. The van der Waals surface area contributed by atoms with Gasteiger partial charge < -0.3 is 4.43 Å². The summed E-state index contributed by atoms with van der Waals surface area (Å²) in [6.07, 6.45) is 0. The van der Waals surface area contributed by atoms with Crippen LogP contribution in [0.5, 0.6) is 0 Å². The molecule has 0 aliphatic heterocycles. The topological polar surface area (TPSA) is 26.3 Å². The molecule has 0 N–H and O–H groups in total. The van der Waals surface area contributed by atoms with Crippen molar-refractivity contribution >= 4 is 25.9 Å². The molecule has 0 aliphatic carbocycles. The summed E-state index contributed by atoms with van der Waals surface area (Å²) in [5.74, 6) is -0.499. The molecule has 10 heavy (non-hydrogen) atoms. The van der Waals surface area contributed by atoms with Crippen molar-refractivity contribution in [1.29, 1.82) is 0 Å². The van der Waals surface area contributed by atoms with Crippen molar-refractivity contribution in [2.75, 3.05) is 0 Å². The maximum Gasteiger partial charge on any atom is 0.335 e. The van der Waals surface area contributed by atoms with Gasteiger partial charge in [-0.15, -0.1) is 0 Å². The summed E-state index contributed by atoms with van der Waals surface area (Å²) in [6.45, 7) is 8.97. The molecule has 0 radical (unpaired) electrons. The molecular formula is C6H11ClO2Si. The summed E-state index contributed by atoms with van der Waals surface area (Å²) in [5.41, 5.74) is 0. The predicted octanol–water partition coefficient (Wildman–Crippen LogP) is 2.12. The van der Waals surface area contributed by atoms with E-state index in [1.54, 1.807) is 0 Å². The Bertz CT molecular complexity index is 160. The van der Waals surface area contributed by atoms with Gasteiger partial charge in [-0.1, -0.05) is 18.2 Å². The molecule has 0 aromatic carbocycles. The van der Waals surface area contributed by atoms with Crippen molar-refractivity contribution < 1.29 is 9.22 Å². The maximum atomic E-state index is 10.7. The van der Waals surface area contributed by atoms with Gasteiger partial charge in [0.25, 0.3) is 0 Å². The lowest BCUT2D eigenvalue weighted by Crippen LogP contribution is -2.28. The van der Waals surface area contributed by atoms with Crippen molar-refractivity contribution in [3.63, 3.8) is 0 Å². The predicted molar refractivity (Wildman–Crippen MR) is 44.4 cm³/mol. The molecule has 0 saturated carbocycles. The van der Waals surface area contributed by atoms with E-state index in [4.69, 9.17) is 16.0 Å². The van der Waals surface area contributed by atoms with E-state index in [2.05, 4.69) is 6.58 Å². The van der Waals surface area contributed by atoms with Crippen LogP contribution in [0, 0.1) is 0 Å². The quantitative estimate of drug-likeness (QED) is 0.478. The van der Waals surface area contributed by atoms with Crippen molar-refractivity contribution in [2.45, 2.75) is 19.6 Å². The lowest BCUT2D eigenvalue weighted by atomic mass is 10.7. The van der Waals surface area contributed by atoms with Crippen molar-refractivity contribution in [3.8, 4) is 0 Å². The monoisotopic (exact) mass is 178 g/mol. The molecule has 0 aromatic heterocycles. The number of rotatable bonds is 2. The van der Waals surface area contributed by atoms with Gasteiger partial charge in [-0.3, -0.25) is 0 Å². The second-order valence-electron chi connectivity index (χ2n) is 2.91. The second-order valence-corrected chi connectivity index (χ2v) is 7.79. The maximum absolute atomic E-state index is 10.7. The second kappa shape index (κ2) is 3.21. The van der Waals surface area contributed by atoms with Gasteiger partial charge in [-0.2, -0.15) is 0 Å². The molecular weight excluding hydrogens is 168 g/mol. The van der Waals surface area contributed by atoms with Gasteiger partial charge in [0, 0.05) is 0 Å². The van der Waals surface area contributed by atoms with E-state index in [-0.39, 0.29) is 5.03 Å². The molecule has 0 heterocycles.